The molecule has 2 atom stereocenters. The van der Waals surface area contributed by atoms with Gasteiger partial charge in [0.05, 0.1) is 11.4 Å². The molecule has 2 unspecified atom stereocenters. The van der Waals surface area contributed by atoms with Gasteiger partial charge in [0.25, 0.3) is 0 Å². The van der Waals surface area contributed by atoms with E-state index < -0.39 is 0 Å². The van der Waals surface area contributed by atoms with Gasteiger partial charge in [-0.25, -0.2) is 4.68 Å². The Kier molecular flexibility index (Phi) is 4.52. The Morgan fingerprint density at radius 2 is 1.96 bits per heavy atom. The third-order valence-electron chi connectivity index (χ3n) is 5.46. The predicted molar refractivity (Wildman–Crippen MR) is 103 cm³/mol. The summed E-state index contributed by atoms with van der Waals surface area (Å²) < 4.78 is 1.96. The second kappa shape index (κ2) is 6.32. The molecule has 0 saturated heterocycles. The molecule has 2 aliphatic rings. The topological polar surface area (TPSA) is 29.9 Å². The standard InChI is InChI=1S/C18H21N3S.C2H6/c1-11-15-14(9-13-16(15)18(13,2)3)21(20-11)17(22)19-10-12-7-5-4-6-8-12;1-2/h4-8,13,16H,9-10H2,1-3H3,(H,19,22);1-2H3. The monoisotopic (exact) mass is 341 g/mol. The molecule has 4 heteroatoms. The van der Waals surface area contributed by atoms with E-state index in [1.54, 1.807) is 0 Å². The number of aryl methyl sites for hydroxylation is 1. The molecule has 0 amide bonds. The SMILES string of the molecule is CC.Cc1nn(C(=S)NCc2ccccc2)c2c1C1C(C2)C1(C)C. The highest BCUT2D eigenvalue weighted by Gasteiger charge is 2.63. The van der Waals surface area contributed by atoms with Gasteiger partial charge in [-0.05, 0) is 48.4 Å². The van der Waals surface area contributed by atoms with E-state index in [9.17, 15) is 0 Å². The smallest absolute Gasteiger partial charge is 0.194 e. The Balaban J connectivity index is 0.000000815. The minimum Gasteiger partial charge on any atom is -0.357 e. The largest absolute Gasteiger partial charge is 0.357 e. The van der Waals surface area contributed by atoms with Crippen molar-refractivity contribution in [3.05, 3.63) is 52.8 Å². The van der Waals surface area contributed by atoms with Crippen molar-refractivity contribution in [1.82, 2.24) is 15.1 Å². The summed E-state index contributed by atoms with van der Waals surface area (Å²) in [5.41, 5.74) is 5.62. The Hall–Kier alpha value is -1.68. The Morgan fingerprint density at radius 1 is 1.29 bits per heavy atom. The van der Waals surface area contributed by atoms with Gasteiger partial charge in [0, 0.05) is 12.1 Å². The van der Waals surface area contributed by atoms with Gasteiger partial charge in [-0.1, -0.05) is 58.0 Å². The van der Waals surface area contributed by atoms with Crippen molar-refractivity contribution in [2.45, 2.75) is 53.5 Å². The summed E-state index contributed by atoms with van der Waals surface area (Å²) in [5, 5.41) is 8.76. The van der Waals surface area contributed by atoms with Gasteiger partial charge >= 0.3 is 0 Å². The first-order valence-corrected chi connectivity index (χ1v) is 9.31. The highest BCUT2D eigenvalue weighted by Crippen LogP contribution is 2.70. The summed E-state index contributed by atoms with van der Waals surface area (Å²) in [6.45, 7) is 11.6. The van der Waals surface area contributed by atoms with Crippen molar-refractivity contribution in [3.8, 4) is 0 Å². The second-order valence-corrected chi connectivity index (χ2v) is 7.50. The van der Waals surface area contributed by atoms with Crippen LogP contribution in [0.25, 0.3) is 0 Å². The van der Waals surface area contributed by atoms with Gasteiger partial charge in [-0.15, -0.1) is 0 Å². The second-order valence-electron chi connectivity index (χ2n) is 7.11. The van der Waals surface area contributed by atoms with Crippen LogP contribution in [0.2, 0.25) is 0 Å². The summed E-state index contributed by atoms with van der Waals surface area (Å²) >= 11 is 5.57. The van der Waals surface area contributed by atoms with Gasteiger partial charge in [-0.2, -0.15) is 5.10 Å². The maximum absolute atomic E-state index is 5.57. The average Bonchev–Trinajstić information content (AvgIpc) is 2.94. The van der Waals surface area contributed by atoms with Crippen molar-refractivity contribution in [2.75, 3.05) is 0 Å². The quantitative estimate of drug-likeness (QED) is 0.819. The summed E-state index contributed by atoms with van der Waals surface area (Å²) in [6, 6.07) is 10.3. The third-order valence-corrected chi connectivity index (χ3v) is 5.78. The number of rotatable bonds is 2. The van der Waals surface area contributed by atoms with E-state index in [1.165, 1.54) is 16.8 Å². The maximum Gasteiger partial charge on any atom is 0.194 e. The summed E-state index contributed by atoms with van der Waals surface area (Å²) in [5.74, 6) is 1.47. The molecule has 1 aromatic heterocycles. The van der Waals surface area contributed by atoms with Crippen LogP contribution in [0.4, 0.5) is 0 Å². The van der Waals surface area contributed by atoms with Crippen LogP contribution in [-0.2, 0) is 13.0 Å². The summed E-state index contributed by atoms with van der Waals surface area (Å²) in [7, 11) is 0. The van der Waals surface area contributed by atoms with Gasteiger partial charge in [-0.3, -0.25) is 0 Å². The van der Waals surface area contributed by atoms with E-state index in [0.717, 1.165) is 24.6 Å². The number of thiocarbonyl (C=S) groups is 1. The van der Waals surface area contributed by atoms with Crippen molar-refractivity contribution < 1.29 is 0 Å². The molecule has 0 radical (unpaired) electrons. The molecule has 2 aliphatic carbocycles. The Morgan fingerprint density at radius 3 is 2.62 bits per heavy atom. The van der Waals surface area contributed by atoms with Crippen molar-refractivity contribution in [3.63, 3.8) is 0 Å². The molecule has 1 N–H and O–H groups in total. The number of aromatic nitrogens is 2. The number of hydrogen-bond acceptors (Lipinski definition) is 2. The van der Waals surface area contributed by atoms with E-state index in [-0.39, 0.29) is 0 Å². The molecule has 128 valence electrons. The molecule has 0 spiro atoms. The molecule has 1 aromatic carbocycles. The third kappa shape index (κ3) is 2.67. The lowest BCUT2D eigenvalue weighted by atomic mass is 9.98. The maximum atomic E-state index is 5.57. The van der Waals surface area contributed by atoms with Crippen molar-refractivity contribution in [2.24, 2.45) is 11.3 Å². The minimum atomic E-state index is 0.449. The zero-order chi connectivity index (χ0) is 17.5. The number of nitrogens with one attached hydrogen (secondary N) is 1. The normalized spacial score (nSPS) is 22.0. The Bertz CT molecular complexity index is 746. The van der Waals surface area contributed by atoms with Gasteiger partial charge in [0.2, 0.25) is 0 Å². The molecule has 24 heavy (non-hydrogen) atoms. The van der Waals surface area contributed by atoms with E-state index in [2.05, 4.69) is 38.2 Å². The molecular weight excluding hydrogens is 314 g/mol. The fourth-order valence-electron chi connectivity index (χ4n) is 4.11. The lowest BCUT2D eigenvalue weighted by molar-refractivity contribution is 0.533. The molecule has 3 nitrogen and oxygen atoms in total. The molecule has 0 bridgehead atoms. The first-order chi connectivity index (χ1) is 11.5. The van der Waals surface area contributed by atoms with Gasteiger partial charge in [0.1, 0.15) is 0 Å². The van der Waals surface area contributed by atoms with Crippen LogP contribution < -0.4 is 5.32 Å². The fourth-order valence-corrected chi connectivity index (χ4v) is 4.33. The van der Waals surface area contributed by atoms with Gasteiger partial charge in [0.15, 0.2) is 5.11 Å². The fraction of sp³-hybridized carbons (Fsp3) is 0.500. The van der Waals surface area contributed by atoms with Crippen molar-refractivity contribution >= 4 is 17.3 Å². The molecule has 0 aliphatic heterocycles. The van der Waals surface area contributed by atoms with Crippen LogP contribution in [0.5, 0.6) is 0 Å². The number of hydrogen-bond donors (Lipinski definition) is 1. The molecule has 4 rings (SSSR count). The zero-order valence-corrected chi connectivity index (χ0v) is 16.1. The predicted octanol–water partition coefficient (Wildman–Crippen LogP) is 4.44. The summed E-state index contributed by atoms with van der Waals surface area (Å²) in [6.07, 6.45) is 1.11. The van der Waals surface area contributed by atoms with E-state index in [0.29, 0.717) is 16.4 Å². The zero-order valence-electron chi connectivity index (χ0n) is 15.3. The van der Waals surface area contributed by atoms with Crippen LogP contribution in [0.15, 0.2) is 30.3 Å². The van der Waals surface area contributed by atoms with E-state index >= 15 is 0 Å². The summed E-state index contributed by atoms with van der Waals surface area (Å²) in [4.78, 5) is 0. The van der Waals surface area contributed by atoms with Crippen LogP contribution in [0.1, 0.15) is 56.1 Å². The molecular formula is C20H27N3S. The molecule has 2 aromatic rings. The van der Waals surface area contributed by atoms with Crippen LogP contribution in [0, 0.1) is 18.3 Å². The average molecular weight is 342 g/mol. The first-order valence-electron chi connectivity index (χ1n) is 8.90. The molecule has 1 saturated carbocycles. The number of fused-ring (bicyclic) bond motifs is 3. The van der Waals surface area contributed by atoms with Gasteiger partial charge < -0.3 is 5.32 Å². The van der Waals surface area contributed by atoms with E-state index in [4.69, 9.17) is 17.3 Å². The minimum absolute atomic E-state index is 0.449. The highest BCUT2D eigenvalue weighted by molar-refractivity contribution is 7.80. The highest BCUT2D eigenvalue weighted by atomic mass is 32.1. The van der Waals surface area contributed by atoms with Crippen LogP contribution in [-0.4, -0.2) is 14.9 Å². The Labute approximate surface area is 150 Å². The number of benzene rings is 1. The first kappa shape index (κ1) is 17.2. The lowest BCUT2D eigenvalue weighted by Gasteiger charge is -2.13. The van der Waals surface area contributed by atoms with Crippen LogP contribution >= 0.6 is 12.2 Å². The molecule has 1 fully saturated rings. The lowest BCUT2D eigenvalue weighted by Crippen LogP contribution is -2.30. The van der Waals surface area contributed by atoms with Crippen molar-refractivity contribution in [1.29, 1.82) is 0 Å². The molecule has 1 heterocycles. The van der Waals surface area contributed by atoms with E-state index in [1.807, 2.05) is 36.7 Å². The van der Waals surface area contributed by atoms with Crippen LogP contribution in [0.3, 0.4) is 0 Å². The number of nitrogens with zero attached hydrogens (tertiary/aromatic N) is 2.